The van der Waals surface area contributed by atoms with Gasteiger partial charge in [-0.1, -0.05) is 24.3 Å². The van der Waals surface area contributed by atoms with Gasteiger partial charge in [0.2, 0.25) is 5.91 Å². The summed E-state index contributed by atoms with van der Waals surface area (Å²) in [7, 11) is 1.55. The number of methoxy groups -OCH3 is 1. The van der Waals surface area contributed by atoms with E-state index in [0.29, 0.717) is 18.0 Å². The Hall–Kier alpha value is -3.06. The largest absolute Gasteiger partial charge is 0.495 e. The topological polar surface area (TPSA) is 63.5 Å². The van der Waals surface area contributed by atoms with Crippen LogP contribution in [0.4, 0.5) is 11.4 Å². The van der Waals surface area contributed by atoms with Crippen LogP contribution in [0.25, 0.3) is 0 Å². The molecule has 0 unspecified atom stereocenters. The first-order valence-corrected chi connectivity index (χ1v) is 10.4. The van der Waals surface area contributed by atoms with E-state index < -0.39 is 0 Å². The quantitative estimate of drug-likeness (QED) is 0.724. The van der Waals surface area contributed by atoms with Crippen molar-refractivity contribution in [3.8, 4) is 11.5 Å². The van der Waals surface area contributed by atoms with E-state index in [1.54, 1.807) is 19.2 Å². The summed E-state index contributed by atoms with van der Waals surface area (Å²) in [5.74, 6) is 1.12. The molecular formula is C23H28N3O4+. The zero-order chi connectivity index (χ0) is 21.1. The Morgan fingerprint density at radius 3 is 2.27 bits per heavy atom. The van der Waals surface area contributed by atoms with Gasteiger partial charge in [-0.15, -0.1) is 0 Å². The van der Waals surface area contributed by atoms with Crippen molar-refractivity contribution in [2.75, 3.05) is 49.7 Å². The number of anilines is 2. The van der Waals surface area contributed by atoms with Gasteiger partial charge >= 0.3 is 0 Å². The summed E-state index contributed by atoms with van der Waals surface area (Å²) >= 11 is 0. The molecule has 0 bridgehead atoms. The number of nitrogens with one attached hydrogen (secondary N) is 1. The number of quaternary nitrogens is 1. The van der Waals surface area contributed by atoms with Crippen molar-refractivity contribution < 1.29 is 24.0 Å². The maximum atomic E-state index is 13.2. The lowest BCUT2D eigenvalue weighted by Crippen LogP contribution is -3.19. The number of hydrogen-bond acceptors (Lipinski definition) is 5. The summed E-state index contributed by atoms with van der Waals surface area (Å²) in [5.41, 5.74) is 1.61. The molecule has 7 nitrogen and oxygen atoms in total. The van der Waals surface area contributed by atoms with Gasteiger partial charge in [0, 0.05) is 0 Å². The van der Waals surface area contributed by atoms with Crippen molar-refractivity contribution in [3.63, 3.8) is 0 Å². The van der Waals surface area contributed by atoms with Crippen molar-refractivity contribution in [1.29, 1.82) is 0 Å². The van der Waals surface area contributed by atoms with E-state index in [4.69, 9.17) is 9.47 Å². The number of ether oxygens (including phenoxy) is 2. The maximum Gasteiger partial charge on any atom is 0.292 e. The number of carbonyl (C=O) groups is 2. The fourth-order valence-electron chi connectivity index (χ4n) is 4.40. The number of hydrogen-bond donors (Lipinski definition) is 1. The molecule has 1 N–H and O–H groups in total. The van der Waals surface area contributed by atoms with Crippen LogP contribution in [0.1, 0.15) is 13.3 Å². The number of para-hydroxylation sites is 4. The number of benzene rings is 2. The van der Waals surface area contributed by atoms with Crippen LogP contribution in [0.3, 0.4) is 0 Å². The molecule has 0 aromatic heterocycles. The van der Waals surface area contributed by atoms with Crippen molar-refractivity contribution >= 4 is 23.2 Å². The molecule has 2 saturated heterocycles. The molecule has 2 aromatic carbocycles. The van der Waals surface area contributed by atoms with Crippen LogP contribution >= 0.6 is 0 Å². The van der Waals surface area contributed by atoms with Crippen LogP contribution in [-0.2, 0) is 9.59 Å². The lowest BCUT2D eigenvalue weighted by molar-refractivity contribution is -0.915. The zero-order valence-electron chi connectivity index (χ0n) is 17.5. The van der Waals surface area contributed by atoms with E-state index in [9.17, 15) is 9.59 Å². The van der Waals surface area contributed by atoms with Crippen molar-refractivity contribution in [1.82, 2.24) is 0 Å². The van der Waals surface area contributed by atoms with Gasteiger partial charge in [0.25, 0.3) is 5.91 Å². The predicted octanol–water partition coefficient (Wildman–Crippen LogP) is 1.13. The number of imide groups is 1. The first-order valence-electron chi connectivity index (χ1n) is 10.4. The van der Waals surface area contributed by atoms with Crippen LogP contribution in [0.2, 0.25) is 0 Å². The molecular weight excluding hydrogens is 382 g/mol. The van der Waals surface area contributed by atoms with E-state index in [1.165, 1.54) is 4.90 Å². The zero-order valence-corrected chi connectivity index (χ0v) is 17.5. The Bertz CT molecular complexity index is 924. The average molecular weight is 410 g/mol. The number of rotatable bonds is 6. The van der Waals surface area contributed by atoms with Gasteiger partial charge in [-0.3, -0.25) is 9.59 Å². The summed E-state index contributed by atoms with van der Waals surface area (Å²) < 4.78 is 11.1. The molecule has 0 saturated carbocycles. The molecule has 1 atom stereocenters. The Morgan fingerprint density at radius 2 is 1.60 bits per heavy atom. The second-order valence-corrected chi connectivity index (χ2v) is 7.54. The van der Waals surface area contributed by atoms with Gasteiger partial charge in [0.1, 0.15) is 11.5 Å². The molecule has 2 fully saturated rings. The standard InChI is InChI=1S/C23H27N3O4/c1-3-30-21-11-7-4-8-17(21)24-12-14-25(15-13-24)19-16-22(27)26(23(19)28)18-9-5-6-10-20(18)29-2/h4-11,19H,3,12-16H2,1-2H3/p+1/t19-/m1/s1. The smallest absolute Gasteiger partial charge is 0.292 e. The second-order valence-electron chi connectivity index (χ2n) is 7.54. The molecule has 2 aliphatic rings. The normalized spacial score (nSPS) is 20.0. The summed E-state index contributed by atoms with van der Waals surface area (Å²) in [6.07, 6.45) is 0.238. The summed E-state index contributed by atoms with van der Waals surface area (Å²) in [5, 5.41) is 0. The summed E-state index contributed by atoms with van der Waals surface area (Å²) in [4.78, 5) is 30.6. The number of piperazine rings is 1. The highest BCUT2D eigenvalue weighted by Crippen LogP contribution is 2.31. The Labute approximate surface area is 176 Å². The molecule has 7 heteroatoms. The molecule has 0 spiro atoms. The molecule has 2 amide bonds. The van der Waals surface area contributed by atoms with Gasteiger partial charge in [0.05, 0.1) is 57.7 Å². The minimum atomic E-state index is -0.341. The maximum absolute atomic E-state index is 13.2. The molecule has 0 aliphatic carbocycles. The molecule has 2 heterocycles. The van der Waals surface area contributed by atoms with Crippen molar-refractivity contribution in [3.05, 3.63) is 48.5 Å². The van der Waals surface area contributed by atoms with Crippen LogP contribution in [0.5, 0.6) is 11.5 Å². The fourth-order valence-corrected chi connectivity index (χ4v) is 4.40. The Morgan fingerprint density at radius 1 is 0.967 bits per heavy atom. The molecule has 2 aliphatic heterocycles. The van der Waals surface area contributed by atoms with E-state index >= 15 is 0 Å². The Balaban J connectivity index is 1.46. The monoisotopic (exact) mass is 410 g/mol. The van der Waals surface area contributed by atoms with Gasteiger partial charge in [-0.05, 0) is 31.2 Å². The predicted molar refractivity (Wildman–Crippen MR) is 114 cm³/mol. The van der Waals surface area contributed by atoms with Gasteiger partial charge in [0.15, 0.2) is 6.04 Å². The highest BCUT2D eigenvalue weighted by molar-refractivity contribution is 6.22. The summed E-state index contributed by atoms with van der Waals surface area (Å²) in [6, 6.07) is 14.9. The van der Waals surface area contributed by atoms with Gasteiger partial charge in [-0.25, -0.2) is 4.90 Å². The molecule has 30 heavy (non-hydrogen) atoms. The van der Waals surface area contributed by atoms with Gasteiger partial charge < -0.3 is 19.3 Å². The lowest BCUT2D eigenvalue weighted by atomic mass is 10.1. The molecule has 4 rings (SSSR count). The third kappa shape index (κ3) is 3.73. The molecule has 0 radical (unpaired) electrons. The summed E-state index contributed by atoms with van der Waals surface area (Å²) in [6.45, 7) is 5.82. The van der Waals surface area contributed by atoms with E-state index in [-0.39, 0.29) is 24.3 Å². The average Bonchev–Trinajstić information content (AvgIpc) is 3.08. The fraction of sp³-hybridized carbons (Fsp3) is 0.391. The van der Waals surface area contributed by atoms with E-state index in [2.05, 4.69) is 11.0 Å². The minimum Gasteiger partial charge on any atom is -0.495 e. The first-order chi connectivity index (χ1) is 14.6. The van der Waals surface area contributed by atoms with Crippen LogP contribution in [0, 0.1) is 0 Å². The SMILES string of the molecule is CCOc1ccccc1N1CC[NH+]([C@@H]2CC(=O)N(c3ccccc3OC)C2=O)CC1. The van der Waals surface area contributed by atoms with Crippen LogP contribution < -0.4 is 24.2 Å². The third-order valence-electron chi connectivity index (χ3n) is 5.88. The van der Waals surface area contributed by atoms with Crippen molar-refractivity contribution in [2.24, 2.45) is 0 Å². The Kier molecular flexibility index (Phi) is 5.90. The van der Waals surface area contributed by atoms with Crippen molar-refractivity contribution in [2.45, 2.75) is 19.4 Å². The second kappa shape index (κ2) is 8.75. The third-order valence-corrected chi connectivity index (χ3v) is 5.88. The highest BCUT2D eigenvalue weighted by Gasteiger charge is 2.47. The highest BCUT2D eigenvalue weighted by atomic mass is 16.5. The minimum absolute atomic E-state index is 0.136. The van der Waals surface area contributed by atoms with Crippen LogP contribution in [-0.4, -0.2) is 57.8 Å². The number of amides is 2. The van der Waals surface area contributed by atoms with Gasteiger partial charge in [-0.2, -0.15) is 0 Å². The lowest BCUT2D eigenvalue weighted by Gasteiger charge is -2.36. The molecule has 158 valence electrons. The van der Waals surface area contributed by atoms with E-state index in [0.717, 1.165) is 42.5 Å². The number of nitrogens with zero attached hydrogens (tertiary/aromatic N) is 2. The van der Waals surface area contributed by atoms with Crippen LogP contribution in [0.15, 0.2) is 48.5 Å². The first kappa shape index (κ1) is 20.2. The van der Waals surface area contributed by atoms with E-state index in [1.807, 2.05) is 37.3 Å². The molecule has 2 aromatic rings. The number of carbonyl (C=O) groups excluding carboxylic acids is 2.